The van der Waals surface area contributed by atoms with E-state index >= 15 is 0 Å². The lowest BCUT2D eigenvalue weighted by molar-refractivity contribution is 0.200. The van der Waals surface area contributed by atoms with Crippen LogP contribution in [0.25, 0.3) is 0 Å². The predicted octanol–water partition coefficient (Wildman–Crippen LogP) is 6.53. The largest absolute Gasteiger partial charge is 0.493 e. The molecule has 0 aliphatic carbocycles. The molecule has 2 aromatic rings. The molecule has 5 rings (SSSR count). The van der Waals surface area contributed by atoms with Crippen LogP contribution in [-0.2, 0) is 0 Å². The zero-order valence-corrected chi connectivity index (χ0v) is 19.7. The highest BCUT2D eigenvalue weighted by atomic mass is 35.5. The van der Waals surface area contributed by atoms with E-state index in [4.69, 9.17) is 27.9 Å². The zero-order chi connectivity index (χ0) is 21.2. The molecular formula is C26H32Cl2N2O. The Morgan fingerprint density at radius 1 is 0.935 bits per heavy atom. The predicted molar refractivity (Wildman–Crippen MR) is 129 cm³/mol. The molecule has 0 bridgehead atoms. The van der Waals surface area contributed by atoms with E-state index in [0.717, 1.165) is 31.9 Å². The number of halogens is 2. The standard InChI is InChI=1S/C26H32Cl2N2O/c27-22-11-10-19(17-23(22)28)21-18-30-15-5-8-24(30)20-7-4-9-25(26(20)21)31-16-6-14-29-12-2-1-3-13-29/h4,7,9-11,17,21,24H,1-3,5-6,8,12-16,18H2/t21-,24+/m1/s1. The summed E-state index contributed by atoms with van der Waals surface area (Å²) < 4.78 is 6.45. The lowest BCUT2D eigenvalue weighted by Gasteiger charge is -2.38. The van der Waals surface area contributed by atoms with Crippen LogP contribution in [0.5, 0.6) is 5.75 Å². The number of ether oxygens (including phenoxy) is 1. The molecule has 31 heavy (non-hydrogen) atoms. The first-order chi connectivity index (χ1) is 15.2. The first kappa shape index (κ1) is 21.6. The Morgan fingerprint density at radius 3 is 2.65 bits per heavy atom. The second-order valence-corrected chi connectivity index (χ2v) is 10.1. The normalized spacial score (nSPS) is 24.1. The second kappa shape index (κ2) is 9.70. The third kappa shape index (κ3) is 4.61. The van der Waals surface area contributed by atoms with Crippen LogP contribution in [0.2, 0.25) is 10.0 Å². The van der Waals surface area contributed by atoms with Gasteiger partial charge in [0.1, 0.15) is 5.75 Å². The number of likely N-dealkylation sites (tertiary alicyclic amines) is 1. The Bertz CT molecular complexity index is 912. The summed E-state index contributed by atoms with van der Waals surface area (Å²) in [4.78, 5) is 5.22. The van der Waals surface area contributed by atoms with E-state index in [0.29, 0.717) is 16.1 Å². The highest BCUT2D eigenvalue weighted by molar-refractivity contribution is 6.42. The van der Waals surface area contributed by atoms with Gasteiger partial charge in [0.2, 0.25) is 0 Å². The SMILES string of the molecule is Clc1ccc([C@H]2CN3CCC[C@H]3c3cccc(OCCCN4CCCCC4)c32)cc1Cl. The van der Waals surface area contributed by atoms with Crippen LogP contribution in [0.4, 0.5) is 0 Å². The van der Waals surface area contributed by atoms with E-state index in [-0.39, 0.29) is 5.92 Å². The molecule has 3 aliphatic rings. The molecule has 0 unspecified atom stereocenters. The number of benzene rings is 2. The molecule has 0 saturated carbocycles. The number of hydrogen-bond donors (Lipinski definition) is 0. The molecule has 3 aliphatic heterocycles. The first-order valence-electron chi connectivity index (χ1n) is 11.9. The highest BCUT2D eigenvalue weighted by Crippen LogP contribution is 2.48. The molecule has 2 fully saturated rings. The molecule has 2 aromatic carbocycles. The molecule has 2 atom stereocenters. The van der Waals surface area contributed by atoms with Crippen molar-refractivity contribution in [3.8, 4) is 5.75 Å². The van der Waals surface area contributed by atoms with E-state index in [9.17, 15) is 0 Å². The van der Waals surface area contributed by atoms with Gasteiger partial charge in [-0.25, -0.2) is 0 Å². The first-order valence-corrected chi connectivity index (χ1v) is 12.6. The van der Waals surface area contributed by atoms with Crippen LogP contribution in [0.15, 0.2) is 36.4 Å². The summed E-state index contributed by atoms with van der Waals surface area (Å²) >= 11 is 12.6. The Labute approximate surface area is 196 Å². The van der Waals surface area contributed by atoms with E-state index in [1.807, 2.05) is 12.1 Å². The van der Waals surface area contributed by atoms with Gasteiger partial charge in [-0.05, 0) is 81.1 Å². The molecule has 2 saturated heterocycles. The van der Waals surface area contributed by atoms with Crippen molar-refractivity contribution < 1.29 is 4.74 Å². The molecular weight excluding hydrogens is 427 g/mol. The lowest BCUT2D eigenvalue weighted by Crippen LogP contribution is -2.35. The third-order valence-corrected chi connectivity index (χ3v) is 8.00. The van der Waals surface area contributed by atoms with Gasteiger partial charge in [0.05, 0.1) is 16.7 Å². The summed E-state index contributed by atoms with van der Waals surface area (Å²) in [5, 5.41) is 1.24. The van der Waals surface area contributed by atoms with Crippen LogP contribution in [0, 0.1) is 0 Å². The van der Waals surface area contributed by atoms with Crippen molar-refractivity contribution in [2.75, 3.05) is 39.3 Å². The van der Waals surface area contributed by atoms with Gasteiger partial charge in [-0.3, -0.25) is 4.90 Å². The lowest BCUT2D eigenvalue weighted by atomic mass is 9.81. The number of hydrogen-bond acceptors (Lipinski definition) is 3. The summed E-state index contributed by atoms with van der Waals surface area (Å²) in [6.07, 6.45) is 7.65. The van der Waals surface area contributed by atoms with Crippen LogP contribution >= 0.6 is 23.2 Å². The van der Waals surface area contributed by atoms with Gasteiger partial charge in [-0.15, -0.1) is 0 Å². The fourth-order valence-corrected chi connectivity index (χ4v) is 6.03. The Hall–Kier alpha value is -1.26. The van der Waals surface area contributed by atoms with Gasteiger partial charge in [-0.1, -0.05) is 47.8 Å². The number of rotatable bonds is 6. The Morgan fingerprint density at radius 2 is 1.81 bits per heavy atom. The molecule has 0 spiro atoms. The molecule has 5 heteroatoms. The minimum atomic E-state index is 0.261. The monoisotopic (exact) mass is 458 g/mol. The Kier molecular flexibility index (Phi) is 6.75. The summed E-state index contributed by atoms with van der Waals surface area (Å²) in [5.74, 6) is 1.32. The highest BCUT2D eigenvalue weighted by Gasteiger charge is 2.38. The van der Waals surface area contributed by atoms with Crippen LogP contribution in [-0.4, -0.2) is 49.1 Å². The van der Waals surface area contributed by atoms with E-state index < -0.39 is 0 Å². The van der Waals surface area contributed by atoms with E-state index in [1.54, 1.807) is 0 Å². The average molecular weight is 459 g/mol. The molecule has 0 amide bonds. The van der Waals surface area contributed by atoms with Gasteiger partial charge >= 0.3 is 0 Å². The quantitative estimate of drug-likeness (QED) is 0.457. The van der Waals surface area contributed by atoms with E-state index in [1.165, 1.54) is 68.4 Å². The third-order valence-electron chi connectivity index (χ3n) is 7.26. The average Bonchev–Trinajstić information content (AvgIpc) is 3.28. The van der Waals surface area contributed by atoms with Gasteiger partial charge in [0.15, 0.2) is 0 Å². The maximum atomic E-state index is 6.45. The topological polar surface area (TPSA) is 15.7 Å². The maximum Gasteiger partial charge on any atom is 0.123 e. The summed E-state index contributed by atoms with van der Waals surface area (Å²) in [7, 11) is 0. The van der Waals surface area contributed by atoms with Crippen molar-refractivity contribution in [3.63, 3.8) is 0 Å². The fourth-order valence-electron chi connectivity index (χ4n) is 5.73. The smallest absolute Gasteiger partial charge is 0.123 e. The molecule has 0 N–H and O–H groups in total. The molecule has 3 heterocycles. The summed E-state index contributed by atoms with van der Waals surface area (Å²) in [5.41, 5.74) is 4.03. The van der Waals surface area contributed by atoms with Crippen molar-refractivity contribution in [1.29, 1.82) is 0 Å². The van der Waals surface area contributed by atoms with Crippen molar-refractivity contribution in [1.82, 2.24) is 9.80 Å². The van der Waals surface area contributed by atoms with Gasteiger partial charge in [0.25, 0.3) is 0 Å². The number of piperidine rings is 1. The van der Waals surface area contributed by atoms with Crippen LogP contribution < -0.4 is 4.74 Å². The molecule has 3 nitrogen and oxygen atoms in total. The van der Waals surface area contributed by atoms with Gasteiger partial charge in [0, 0.05) is 30.6 Å². The minimum Gasteiger partial charge on any atom is -0.493 e. The summed E-state index contributed by atoms with van der Waals surface area (Å²) in [6, 6.07) is 13.3. The van der Waals surface area contributed by atoms with Crippen molar-refractivity contribution in [2.45, 2.75) is 50.5 Å². The van der Waals surface area contributed by atoms with Gasteiger partial charge in [-0.2, -0.15) is 0 Å². The fraction of sp³-hybridized carbons (Fsp3) is 0.538. The second-order valence-electron chi connectivity index (χ2n) is 9.24. The van der Waals surface area contributed by atoms with Gasteiger partial charge < -0.3 is 9.64 Å². The van der Waals surface area contributed by atoms with Crippen molar-refractivity contribution in [3.05, 3.63) is 63.1 Å². The zero-order valence-electron chi connectivity index (χ0n) is 18.2. The minimum absolute atomic E-state index is 0.261. The van der Waals surface area contributed by atoms with Crippen LogP contribution in [0.1, 0.15) is 67.2 Å². The molecule has 0 aromatic heterocycles. The maximum absolute atomic E-state index is 6.45. The number of fused-ring (bicyclic) bond motifs is 3. The van der Waals surface area contributed by atoms with Crippen LogP contribution in [0.3, 0.4) is 0 Å². The molecule has 0 radical (unpaired) electrons. The summed E-state index contributed by atoms with van der Waals surface area (Å²) in [6.45, 7) is 6.60. The Balaban J connectivity index is 1.38. The van der Waals surface area contributed by atoms with E-state index in [2.05, 4.69) is 34.1 Å². The van der Waals surface area contributed by atoms with Crippen molar-refractivity contribution in [2.24, 2.45) is 0 Å². The molecule has 166 valence electrons. The van der Waals surface area contributed by atoms with Crippen molar-refractivity contribution >= 4 is 23.2 Å². The number of nitrogens with zero attached hydrogens (tertiary/aromatic N) is 2.